The average Bonchev–Trinajstić information content (AvgIpc) is 2.98. The number of hydrogen-bond donors (Lipinski definition) is 2. The van der Waals surface area contributed by atoms with Crippen molar-refractivity contribution < 1.29 is 0 Å². The van der Waals surface area contributed by atoms with Crippen molar-refractivity contribution in [2.75, 3.05) is 13.1 Å². The molecule has 1 aliphatic rings. The lowest BCUT2D eigenvalue weighted by atomic mass is 9.85. The Kier molecular flexibility index (Phi) is 5.77. The first kappa shape index (κ1) is 14.0. The number of hydrogen-bond acceptors (Lipinski definition) is 2. The van der Waals surface area contributed by atoms with Gasteiger partial charge in [-0.2, -0.15) is 0 Å². The SMILES string of the molecule is CC(C)C(CNCCC(N)C1CC1)C(C)C. The van der Waals surface area contributed by atoms with E-state index in [1.165, 1.54) is 12.8 Å². The summed E-state index contributed by atoms with van der Waals surface area (Å²) in [5, 5.41) is 3.58. The first-order valence-corrected chi connectivity index (χ1v) is 6.98. The number of nitrogens with two attached hydrogens (primary N) is 1. The van der Waals surface area contributed by atoms with Crippen molar-refractivity contribution in [1.29, 1.82) is 0 Å². The maximum absolute atomic E-state index is 6.08. The summed E-state index contributed by atoms with van der Waals surface area (Å²) in [6, 6.07) is 0.448. The zero-order valence-corrected chi connectivity index (χ0v) is 11.5. The Morgan fingerprint density at radius 2 is 1.69 bits per heavy atom. The van der Waals surface area contributed by atoms with E-state index in [0.29, 0.717) is 6.04 Å². The van der Waals surface area contributed by atoms with Crippen LogP contribution in [0.5, 0.6) is 0 Å². The first-order chi connectivity index (χ1) is 7.52. The van der Waals surface area contributed by atoms with Gasteiger partial charge in [0.15, 0.2) is 0 Å². The third kappa shape index (κ3) is 4.84. The van der Waals surface area contributed by atoms with Crippen LogP contribution in [0.15, 0.2) is 0 Å². The largest absolute Gasteiger partial charge is 0.327 e. The topological polar surface area (TPSA) is 38.0 Å². The molecule has 3 N–H and O–H groups in total. The Bertz CT molecular complexity index is 177. The molecule has 1 unspecified atom stereocenters. The lowest BCUT2D eigenvalue weighted by Crippen LogP contribution is -2.33. The molecular formula is C14H30N2. The van der Waals surface area contributed by atoms with E-state index >= 15 is 0 Å². The van der Waals surface area contributed by atoms with Gasteiger partial charge in [0.2, 0.25) is 0 Å². The third-order valence-corrected chi connectivity index (χ3v) is 3.97. The van der Waals surface area contributed by atoms with Gasteiger partial charge in [0.1, 0.15) is 0 Å². The smallest absolute Gasteiger partial charge is 0.00792 e. The first-order valence-electron chi connectivity index (χ1n) is 6.98. The summed E-state index contributed by atoms with van der Waals surface area (Å²) >= 11 is 0. The fraction of sp³-hybridized carbons (Fsp3) is 1.00. The van der Waals surface area contributed by atoms with Crippen LogP contribution in [-0.4, -0.2) is 19.1 Å². The molecule has 0 radical (unpaired) electrons. The normalized spacial score (nSPS) is 18.8. The summed E-state index contributed by atoms with van der Waals surface area (Å²) in [6.07, 6.45) is 3.87. The molecule has 1 aliphatic carbocycles. The van der Waals surface area contributed by atoms with Crippen LogP contribution in [-0.2, 0) is 0 Å². The summed E-state index contributed by atoms with van der Waals surface area (Å²) in [5.41, 5.74) is 6.08. The molecule has 0 bridgehead atoms. The van der Waals surface area contributed by atoms with Gasteiger partial charge in [-0.3, -0.25) is 0 Å². The molecule has 16 heavy (non-hydrogen) atoms. The van der Waals surface area contributed by atoms with E-state index in [0.717, 1.165) is 43.2 Å². The van der Waals surface area contributed by atoms with E-state index in [2.05, 4.69) is 33.0 Å². The van der Waals surface area contributed by atoms with Gasteiger partial charge in [-0.1, -0.05) is 27.7 Å². The summed E-state index contributed by atoms with van der Waals surface area (Å²) in [7, 11) is 0. The quantitative estimate of drug-likeness (QED) is 0.624. The predicted octanol–water partition coefficient (Wildman–Crippen LogP) is 2.63. The van der Waals surface area contributed by atoms with Gasteiger partial charge in [-0.05, 0) is 56.0 Å². The molecule has 1 rings (SSSR count). The Hall–Kier alpha value is -0.0800. The second-order valence-electron chi connectivity index (χ2n) is 6.15. The Morgan fingerprint density at radius 1 is 1.12 bits per heavy atom. The highest BCUT2D eigenvalue weighted by Crippen LogP contribution is 2.32. The molecule has 1 fully saturated rings. The van der Waals surface area contributed by atoms with E-state index in [1.54, 1.807) is 0 Å². The minimum absolute atomic E-state index is 0.448. The fourth-order valence-corrected chi connectivity index (χ4v) is 2.54. The molecular weight excluding hydrogens is 196 g/mol. The van der Waals surface area contributed by atoms with Gasteiger partial charge in [-0.15, -0.1) is 0 Å². The molecule has 2 nitrogen and oxygen atoms in total. The minimum atomic E-state index is 0.448. The molecule has 0 aromatic rings. The Labute approximate surface area is 101 Å². The average molecular weight is 226 g/mol. The van der Waals surface area contributed by atoms with E-state index in [-0.39, 0.29) is 0 Å². The van der Waals surface area contributed by atoms with Crippen molar-refractivity contribution in [3.63, 3.8) is 0 Å². The molecule has 2 heteroatoms. The summed E-state index contributed by atoms with van der Waals surface area (Å²) in [4.78, 5) is 0. The molecule has 0 heterocycles. The van der Waals surface area contributed by atoms with E-state index < -0.39 is 0 Å². The molecule has 96 valence electrons. The van der Waals surface area contributed by atoms with Gasteiger partial charge in [0, 0.05) is 6.04 Å². The second-order valence-corrected chi connectivity index (χ2v) is 6.15. The van der Waals surface area contributed by atoms with Crippen molar-refractivity contribution in [2.45, 2.75) is 53.0 Å². The third-order valence-electron chi connectivity index (χ3n) is 3.97. The number of rotatable bonds is 8. The molecule has 0 aromatic heterocycles. The lowest BCUT2D eigenvalue weighted by Gasteiger charge is -2.25. The van der Waals surface area contributed by atoms with E-state index in [4.69, 9.17) is 5.73 Å². The van der Waals surface area contributed by atoms with E-state index in [1.807, 2.05) is 0 Å². The maximum Gasteiger partial charge on any atom is 0.00792 e. The van der Waals surface area contributed by atoms with Crippen LogP contribution in [0.2, 0.25) is 0 Å². The summed E-state index contributed by atoms with van der Waals surface area (Å²) in [5.74, 6) is 3.17. The standard InChI is InChI=1S/C14H30N2/c1-10(2)13(11(3)4)9-16-8-7-14(15)12-5-6-12/h10-14,16H,5-9,15H2,1-4H3. The summed E-state index contributed by atoms with van der Waals surface area (Å²) < 4.78 is 0. The monoisotopic (exact) mass is 226 g/mol. The maximum atomic E-state index is 6.08. The lowest BCUT2D eigenvalue weighted by molar-refractivity contribution is 0.274. The molecule has 1 atom stereocenters. The zero-order valence-electron chi connectivity index (χ0n) is 11.5. The van der Waals surface area contributed by atoms with Crippen molar-refractivity contribution in [3.05, 3.63) is 0 Å². The zero-order chi connectivity index (χ0) is 12.1. The number of nitrogens with one attached hydrogen (secondary N) is 1. The highest BCUT2D eigenvalue weighted by molar-refractivity contribution is 4.84. The molecule has 0 saturated heterocycles. The van der Waals surface area contributed by atoms with Crippen LogP contribution in [0.3, 0.4) is 0 Å². The van der Waals surface area contributed by atoms with Crippen molar-refractivity contribution in [2.24, 2.45) is 29.4 Å². The molecule has 0 amide bonds. The van der Waals surface area contributed by atoms with Crippen LogP contribution >= 0.6 is 0 Å². The van der Waals surface area contributed by atoms with E-state index in [9.17, 15) is 0 Å². The van der Waals surface area contributed by atoms with Crippen molar-refractivity contribution >= 4 is 0 Å². The molecule has 0 aliphatic heterocycles. The predicted molar refractivity (Wildman–Crippen MR) is 71.4 cm³/mol. The van der Waals surface area contributed by atoms with Crippen LogP contribution in [0.4, 0.5) is 0 Å². The minimum Gasteiger partial charge on any atom is -0.327 e. The van der Waals surface area contributed by atoms with Crippen LogP contribution < -0.4 is 11.1 Å². The van der Waals surface area contributed by atoms with Gasteiger partial charge in [-0.25, -0.2) is 0 Å². The van der Waals surface area contributed by atoms with Crippen LogP contribution in [0.1, 0.15) is 47.0 Å². The van der Waals surface area contributed by atoms with Gasteiger partial charge >= 0.3 is 0 Å². The van der Waals surface area contributed by atoms with Gasteiger partial charge in [0.25, 0.3) is 0 Å². The molecule has 0 aromatic carbocycles. The van der Waals surface area contributed by atoms with Gasteiger partial charge < -0.3 is 11.1 Å². The van der Waals surface area contributed by atoms with Crippen LogP contribution in [0.25, 0.3) is 0 Å². The van der Waals surface area contributed by atoms with Gasteiger partial charge in [0.05, 0.1) is 0 Å². The highest BCUT2D eigenvalue weighted by atomic mass is 14.9. The molecule has 0 spiro atoms. The highest BCUT2D eigenvalue weighted by Gasteiger charge is 2.27. The summed E-state index contributed by atoms with van der Waals surface area (Å²) in [6.45, 7) is 11.5. The van der Waals surface area contributed by atoms with Crippen molar-refractivity contribution in [1.82, 2.24) is 5.32 Å². The Balaban J connectivity index is 2.07. The Morgan fingerprint density at radius 3 is 2.12 bits per heavy atom. The second kappa shape index (κ2) is 6.61. The van der Waals surface area contributed by atoms with Crippen LogP contribution in [0, 0.1) is 23.7 Å². The fourth-order valence-electron chi connectivity index (χ4n) is 2.54. The molecule has 1 saturated carbocycles. The van der Waals surface area contributed by atoms with Crippen molar-refractivity contribution in [3.8, 4) is 0 Å².